The van der Waals surface area contributed by atoms with Crippen LogP contribution in [0.15, 0.2) is 58.0 Å². The molecule has 0 saturated heterocycles. The van der Waals surface area contributed by atoms with Gasteiger partial charge < -0.3 is 9.73 Å². The van der Waals surface area contributed by atoms with Gasteiger partial charge in [-0.1, -0.05) is 6.07 Å². The molecular formula is C17H19N3OS. The summed E-state index contributed by atoms with van der Waals surface area (Å²) in [6.07, 6.45) is 3.53. The topological polar surface area (TPSA) is 41.3 Å². The zero-order valence-electron chi connectivity index (χ0n) is 12.5. The number of rotatable bonds is 7. The minimum absolute atomic E-state index is 0.779. The van der Waals surface area contributed by atoms with Crippen molar-refractivity contribution in [2.75, 3.05) is 12.4 Å². The molecule has 0 aliphatic heterocycles. The van der Waals surface area contributed by atoms with Gasteiger partial charge in [0.25, 0.3) is 0 Å². The van der Waals surface area contributed by atoms with E-state index in [-0.39, 0.29) is 0 Å². The van der Waals surface area contributed by atoms with Crippen LogP contribution in [0.3, 0.4) is 0 Å². The fourth-order valence-corrected chi connectivity index (χ4v) is 3.12. The Labute approximate surface area is 134 Å². The minimum atomic E-state index is 0.779. The number of anilines is 1. The van der Waals surface area contributed by atoms with Crippen LogP contribution in [-0.4, -0.2) is 16.9 Å². The molecule has 3 aromatic rings. The number of aromatic nitrogens is 1. The highest BCUT2D eigenvalue weighted by molar-refractivity contribution is 7.07. The number of nitrogens with one attached hydrogen (secondary N) is 1. The zero-order valence-corrected chi connectivity index (χ0v) is 13.3. The van der Waals surface area contributed by atoms with Crippen LogP contribution < -0.4 is 5.32 Å². The van der Waals surface area contributed by atoms with Gasteiger partial charge in [0.2, 0.25) is 0 Å². The van der Waals surface area contributed by atoms with Gasteiger partial charge in [-0.15, -0.1) is 0 Å². The van der Waals surface area contributed by atoms with Crippen molar-refractivity contribution in [1.29, 1.82) is 0 Å². The first-order chi connectivity index (χ1) is 10.8. The van der Waals surface area contributed by atoms with E-state index in [1.807, 2.05) is 31.4 Å². The molecule has 4 nitrogen and oxygen atoms in total. The van der Waals surface area contributed by atoms with Gasteiger partial charge in [0.05, 0.1) is 12.8 Å². The molecule has 0 bridgehead atoms. The zero-order chi connectivity index (χ0) is 15.2. The predicted octanol–water partition coefficient (Wildman–Crippen LogP) is 3.98. The number of hydrogen-bond donors (Lipinski definition) is 1. The smallest absolute Gasteiger partial charge is 0.130 e. The van der Waals surface area contributed by atoms with Crippen molar-refractivity contribution in [3.8, 4) is 0 Å². The molecule has 3 rings (SSSR count). The van der Waals surface area contributed by atoms with Crippen molar-refractivity contribution in [1.82, 2.24) is 9.88 Å². The third-order valence-electron chi connectivity index (χ3n) is 3.47. The monoisotopic (exact) mass is 313 g/mol. The minimum Gasteiger partial charge on any atom is -0.468 e. The maximum absolute atomic E-state index is 5.51. The molecule has 114 valence electrons. The summed E-state index contributed by atoms with van der Waals surface area (Å²) in [7, 11) is 1.90. The van der Waals surface area contributed by atoms with Gasteiger partial charge in [-0.05, 0) is 40.6 Å². The van der Waals surface area contributed by atoms with E-state index in [0.717, 1.165) is 31.2 Å². The van der Waals surface area contributed by atoms with Gasteiger partial charge in [-0.2, -0.15) is 11.3 Å². The Morgan fingerprint density at radius 1 is 1.18 bits per heavy atom. The van der Waals surface area contributed by atoms with Crippen LogP contribution in [-0.2, 0) is 19.6 Å². The first kappa shape index (κ1) is 14.8. The fraction of sp³-hybridized carbons (Fsp3) is 0.235. The van der Waals surface area contributed by atoms with Gasteiger partial charge in [0, 0.05) is 31.9 Å². The van der Waals surface area contributed by atoms with E-state index in [9.17, 15) is 0 Å². The highest BCUT2D eigenvalue weighted by atomic mass is 32.1. The Kier molecular flexibility index (Phi) is 4.88. The Morgan fingerprint density at radius 2 is 2.14 bits per heavy atom. The average Bonchev–Trinajstić information content (AvgIpc) is 3.21. The molecule has 0 aromatic carbocycles. The number of pyridine rings is 1. The van der Waals surface area contributed by atoms with E-state index in [4.69, 9.17) is 4.42 Å². The summed E-state index contributed by atoms with van der Waals surface area (Å²) in [5.41, 5.74) is 2.51. The fourth-order valence-electron chi connectivity index (χ4n) is 2.46. The number of furan rings is 1. The van der Waals surface area contributed by atoms with E-state index >= 15 is 0 Å². The quantitative estimate of drug-likeness (QED) is 0.716. The van der Waals surface area contributed by atoms with Crippen LogP contribution in [0.5, 0.6) is 0 Å². The van der Waals surface area contributed by atoms with Gasteiger partial charge in [0.1, 0.15) is 11.6 Å². The third-order valence-corrected chi connectivity index (χ3v) is 4.20. The molecule has 3 heterocycles. The van der Waals surface area contributed by atoms with E-state index in [0.29, 0.717) is 0 Å². The Hall–Kier alpha value is -2.11. The lowest BCUT2D eigenvalue weighted by molar-refractivity contribution is 0.227. The standard InChI is InChI=1S/C17H19N3OS/c1-18-17-15(4-2-7-19-17)11-20(10-14-6-9-22-13-14)12-16-5-3-8-21-16/h2-9,13H,10-12H2,1H3,(H,18,19). The second-order valence-electron chi connectivity index (χ2n) is 5.12. The van der Waals surface area contributed by atoms with Crippen molar-refractivity contribution < 1.29 is 4.42 Å². The highest BCUT2D eigenvalue weighted by Crippen LogP contribution is 2.19. The van der Waals surface area contributed by atoms with E-state index in [2.05, 4.69) is 38.1 Å². The molecule has 0 amide bonds. The van der Waals surface area contributed by atoms with E-state index in [1.54, 1.807) is 17.6 Å². The van der Waals surface area contributed by atoms with Crippen molar-refractivity contribution in [2.24, 2.45) is 0 Å². The summed E-state index contributed by atoms with van der Waals surface area (Å²) < 4.78 is 5.51. The summed E-state index contributed by atoms with van der Waals surface area (Å²) in [5.74, 6) is 1.90. The molecule has 5 heteroatoms. The molecule has 0 atom stereocenters. The SMILES string of the molecule is CNc1ncccc1CN(Cc1ccsc1)Cc1ccco1. The third kappa shape index (κ3) is 3.75. The lowest BCUT2D eigenvalue weighted by Gasteiger charge is -2.22. The first-order valence-electron chi connectivity index (χ1n) is 7.22. The number of thiophene rings is 1. The molecule has 0 unspecified atom stereocenters. The maximum Gasteiger partial charge on any atom is 0.130 e. The van der Waals surface area contributed by atoms with Crippen LogP contribution in [0.25, 0.3) is 0 Å². The largest absolute Gasteiger partial charge is 0.468 e. The molecule has 0 aliphatic rings. The normalized spacial score (nSPS) is 11.0. The summed E-state index contributed by atoms with van der Waals surface area (Å²) in [5, 5.41) is 7.47. The van der Waals surface area contributed by atoms with Crippen molar-refractivity contribution in [3.63, 3.8) is 0 Å². The van der Waals surface area contributed by atoms with Gasteiger partial charge in [-0.3, -0.25) is 4.90 Å². The average molecular weight is 313 g/mol. The highest BCUT2D eigenvalue weighted by Gasteiger charge is 2.12. The molecule has 0 spiro atoms. The molecule has 0 fully saturated rings. The van der Waals surface area contributed by atoms with Crippen molar-refractivity contribution in [2.45, 2.75) is 19.6 Å². The number of nitrogens with zero attached hydrogens (tertiary/aromatic N) is 2. The van der Waals surface area contributed by atoms with Gasteiger partial charge in [0.15, 0.2) is 0 Å². The number of hydrogen-bond acceptors (Lipinski definition) is 5. The lowest BCUT2D eigenvalue weighted by atomic mass is 10.2. The molecular weight excluding hydrogens is 294 g/mol. The van der Waals surface area contributed by atoms with E-state index < -0.39 is 0 Å². The van der Waals surface area contributed by atoms with Crippen LogP contribution in [0.4, 0.5) is 5.82 Å². The summed E-state index contributed by atoms with van der Waals surface area (Å²) in [6.45, 7) is 2.49. The first-order valence-corrected chi connectivity index (χ1v) is 8.17. The Bertz CT molecular complexity index is 644. The molecule has 22 heavy (non-hydrogen) atoms. The predicted molar refractivity (Wildman–Crippen MR) is 89.8 cm³/mol. The molecule has 3 aromatic heterocycles. The summed E-state index contributed by atoms with van der Waals surface area (Å²) in [6, 6.07) is 10.2. The Balaban J connectivity index is 1.78. The van der Waals surface area contributed by atoms with Crippen LogP contribution >= 0.6 is 11.3 Å². The van der Waals surface area contributed by atoms with Crippen molar-refractivity contribution in [3.05, 3.63) is 70.4 Å². The maximum atomic E-state index is 5.51. The Morgan fingerprint density at radius 3 is 2.86 bits per heavy atom. The second-order valence-corrected chi connectivity index (χ2v) is 5.90. The molecule has 0 aliphatic carbocycles. The van der Waals surface area contributed by atoms with Crippen LogP contribution in [0, 0.1) is 0 Å². The molecule has 0 saturated carbocycles. The van der Waals surface area contributed by atoms with Crippen molar-refractivity contribution >= 4 is 17.2 Å². The van der Waals surface area contributed by atoms with Gasteiger partial charge in [-0.25, -0.2) is 4.98 Å². The lowest BCUT2D eigenvalue weighted by Crippen LogP contribution is -2.22. The molecule has 0 radical (unpaired) electrons. The second kappa shape index (κ2) is 7.24. The van der Waals surface area contributed by atoms with Crippen LogP contribution in [0.1, 0.15) is 16.9 Å². The van der Waals surface area contributed by atoms with Gasteiger partial charge >= 0.3 is 0 Å². The van der Waals surface area contributed by atoms with E-state index in [1.165, 1.54) is 11.1 Å². The summed E-state index contributed by atoms with van der Waals surface area (Å²) in [4.78, 5) is 6.75. The molecule has 1 N–H and O–H groups in total. The summed E-state index contributed by atoms with van der Waals surface area (Å²) >= 11 is 1.73. The van der Waals surface area contributed by atoms with Crippen LogP contribution in [0.2, 0.25) is 0 Å².